The smallest absolute Gasteiger partial charge is 0.230 e. The van der Waals surface area contributed by atoms with Crippen molar-refractivity contribution in [3.63, 3.8) is 0 Å². The highest BCUT2D eigenvalue weighted by Crippen LogP contribution is 2.13. The first-order valence-electron chi connectivity index (χ1n) is 6.62. The first-order valence-corrected chi connectivity index (χ1v) is 6.62. The summed E-state index contributed by atoms with van der Waals surface area (Å²) in [7, 11) is 0. The van der Waals surface area contributed by atoms with Crippen LogP contribution in [0.2, 0.25) is 0 Å². The van der Waals surface area contributed by atoms with Crippen molar-refractivity contribution in [1.82, 2.24) is 25.3 Å². The van der Waals surface area contributed by atoms with Gasteiger partial charge in [0, 0.05) is 24.4 Å². The predicted octanol–water partition coefficient (Wildman–Crippen LogP) is 2.13. The summed E-state index contributed by atoms with van der Waals surface area (Å²) < 4.78 is 7.49. The van der Waals surface area contributed by atoms with E-state index in [0.717, 1.165) is 0 Å². The molecule has 0 aliphatic carbocycles. The van der Waals surface area contributed by atoms with Gasteiger partial charge in [0.05, 0.1) is 12.6 Å². The first-order chi connectivity index (χ1) is 9.08. The molecule has 0 saturated heterocycles. The Balaban J connectivity index is 1.87. The summed E-state index contributed by atoms with van der Waals surface area (Å²) >= 11 is 0. The number of hydrogen-bond acceptors (Lipinski definition) is 5. The summed E-state index contributed by atoms with van der Waals surface area (Å²) in [5.41, 5.74) is 0. The lowest BCUT2D eigenvalue weighted by atomic mass is 10.2. The Bertz CT molecular complexity index is 491. The minimum absolute atomic E-state index is 0.259. The molecule has 0 saturated carbocycles. The minimum atomic E-state index is 0.259. The van der Waals surface area contributed by atoms with Gasteiger partial charge < -0.3 is 9.73 Å². The molecule has 0 bridgehead atoms. The van der Waals surface area contributed by atoms with Crippen molar-refractivity contribution < 1.29 is 4.42 Å². The van der Waals surface area contributed by atoms with E-state index in [1.807, 2.05) is 30.8 Å². The van der Waals surface area contributed by atoms with Crippen molar-refractivity contribution in [3.8, 4) is 0 Å². The Morgan fingerprint density at radius 3 is 2.63 bits per heavy atom. The molecule has 6 heteroatoms. The quantitative estimate of drug-likeness (QED) is 0.864. The normalized spacial score (nSPS) is 14.8. The van der Waals surface area contributed by atoms with E-state index < -0.39 is 0 Å². The standard InChI is InChI=1S/C13H21N5O/c1-9(2)13-17-16-12(19-13)8-14-10(3)11(4)18-7-5-6-15-18/h5-7,9-11,14H,8H2,1-4H3/t10-,11-/m0/s1. The molecule has 0 unspecified atom stereocenters. The van der Waals surface area contributed by atoms with Crippen LogP contribution in [0.3, 0.4) is 0 Å². The van der Waals surface area contributed by atoms with Crippen LogP contribution >= 0.6 is 0 Å². The zero-order valence-electron chi connectivity index (χ0n) is 11.9. The lowest BCUT2D eigenvalue weighted by molar-refractivity contribution is 0.342. The lowest BCUT2D eigenvalue weighted by Crippen LogP contribution is -2.33. The molecule has 1 N–H and O–H groups in total. The van der Waals surface area contributed by atoms with Gasteiger partial charge in [-0.2, -0.15) is 5.10 Å². The average molecular weight is 263 g/mol. The fourth-order valence-electron chi connectivity index (χ4n) is 1.74. The summed E-state index contributed by atoms with van der Waals surface area (Å²) in [4.78, 5) is 0. The number of nitrogens with zero attached hydrogens (tertiary/aromatic N) is 4. The highest BCUT2D eigenvalue weighted by Gasteiger charge is 2.15. The molecule has 2 aromatic rings. The van der Waals surface area contributed by atoms with Gasteiger partial charge in [-0.1, -0.05) is 13.8 Å². The lowest BCUT2D eigenvalue weighted by Gasteiger charge is -2.20. The summed E-state index contributed by atoms with van der Waals surface area (Å²) in [6.07, 6.45) is 3.75. The average Bonchev–Trinajstić information content (AvgIpc) is 3.05. The van der Waals surface area contributed by atoms with Crippen molar-refractivity contribution >= 4 is 0 Å². The van der Waals surface area contributed by atoms with Gasteiger partial charge in [-0.25, -0.2) is 0 Å². The van der Waals surface area contributed by atoms with E-state index in [-0.39, 0.29) is 18.0 Å². The predicted molar refractivity (Wildman–Crippen MR) is 71.6 cm³/mol. The van der Waals surface area contributed by atoms with Crippen LogP contribution in [0.15, 0.2) is 22.9 Å². The number of rotatable bonds is 6. The maximum absolute atomic E-state index is 5.56. The van der Waals surface area contributed by atoms with Crippen LogP contribution in [-0.4, -0.2) is 26.0 Å². The van der Waals surface area contributed by atoms with Crippen LogP contribution in [0.5, 0.6) is 0 Å². The van der Waals surface area contributed by atoms with Gasteiger partial charge in [0.25, 0.3) is 0 Å². The summed E-state index contributed by atoms with van der Waals surface area (Å²) in [6.45, 7) is 8.89. The van der Waals surface area contributed by atoms with Crippen LogP contribution in [0.1, 0.15) is 51.4 Å². The molecular formula is C13H21N5O. The Morgan fingerprint density at radius 2 is 2.05 bits per heavy atom. The van der Waals surface area contributed by atoms with Gasteiger partial charge >= 0.3 is 0 Å². The Kier molecular flexibility index (Phi) is 4.31. The molecule has 2 atom stereocenters. The molecule has 0 aromatic carbocycles. The van der Waals surface area contributed by atoms with Gasteiger partial charge in [0.1, 0.15) is 0 Å². The van der Waals surface area contributed by atoms with Gasteiger partial charge in [0.15, 0.2) is 0 Å². The zero-order valence-corrected chi connectivity index (χ0v) is 11.9. The third kappa shape index (κ3) is 3.41. The molecule has 2 heterocycles. The molecule has 6 nitrogen and oxygen atoms in total. The molecule has 2 rings (SSSR count). The van der Waals surface area contributed by atoms with Crippen molar-refractivity contribution in [2.75, 3.05) is 0 Å². The molecule has 19 heavy (non-hydrogen) atoms. The number of nitrogens with one attached hydrogen (secondary N) is 1. The zero-order chi connectivity index (χ0) is 13.8. The van der Waals surface area contributed by atoms with Crippen LogP contribution in [0.25, 0.3) is 0 Å². The second-order valence-corrected chi connectivity index (χ2v) is 5.08. The molecule has 0 amide bonds. The van der Waals surface area contributed by atoms with Gasteiger partial charge in [-0.15, -0.1) is 10.2 Å². The summed E-state index contributed by atoms with van der Waals surface area (Å²) in [5.74, 6) is 1.58. The van der Waals surface area contributed by atoms with E-state index in [4.69, 9.17) is 4.42 Å². The summed E-state index contributed by atoms with van der Waals surface area (Å²) in [6, 6.07) is 2.45. The second kappa shape index (κ2) is 5.97. The number of hydrogen-bond donors (Lipinski definition) is 1. The van der Waals surface area contributed by atoms with E-state index in [1.165, 1.54) is 0 Å². The maximum atomic E-state index is 5.56. The van der Waals surface area contributed by atoms with Crippen LogP contribution in [-0.2, 0) is 6.54 Å². The SMILES string of the molecule is CC(C)c1nnc(CN[C@@H](C)[C@H](C)n2cccn2)o1. The van der Waals surface area contributed by atoms with Crippen LogP contribution < -0.4 is 5.32 Å². The summed E-state index contributed by atoms with van der Waals surface area (Å²) in [5, 5.41) is 15.7. The molecule has 0 fully saturated rings. The fraction of sp³-hybridized carbons (Fsp3) is 0.615. The third-order valence-corrected chi connectivity index (χ3v) is 3.22. The highest BCUT2D eigenvalue weighted by atomic mass is 16.4. The van der Waals surface area contributed by atoms with Crippen LogP contribution in [0.4, 0.5) is 0 Å². The van der Waals surface area contributed by atoms with E-state index in [2.05, 4.69) is 34.5 Å². The van der Waals surface area contributed by atoms with Crippen LogP contribution in [0, 0.1) is 0 Å². The number of aromatic nitrogens is 4. The van der Waals surface area contributed by atoms with Gasteiger partial charge in [0.2, 0.25) is 11.8 Å². The fourth-order valence-corrected chi connectivity index (χ4v) is 1.74. The molecule has 2 aromatic heterocycles. The van der Waals surface area contributed by atoms with Gasteiger partial charge in [-0.3, -0.25) is 4.68 Å². The van der Waals surface area contributed by atoms with Crippen molar-refractivity contribution in [3.05, 3.63) is 30.2 Å². The molecule has 0 radical (unpaired) electrons. The van der Waals surface area contributed by atoms with E-state index in [0.29, 0.717) is 18.3 Å². The molecule has 0 spiro atoms. The molecule has 104 valence electrons. The first kappa shape index (κ1) is 13.7. The monoisotopic (exact) mass is 263 g/mol. The minimum Gasteiger partial charge on any atom is -0.424 e. The Labute approximate surface area is 113 Å². The van der Waals surface area contributed by atoms with E-state index >= 15 is 0 Å². The molecule has 0 aliphatic rings. The van der Waals surface area contributed by atoms with Gasteiger partial charge in [-0.05, 0) is 19.9 Å². The molecule has 0 aliphatic heterocycles. The van der Waals surface area contributed by atoms with Crippen molar-refractivity contribution in [1.29, 1.82) is 0 Å². The Morgan fingerprint density at radius 1 is 1.26 bits per heavy atom. The highest BCUT2D eigenvalue weighted by molar-refractivity contribution is 4.88. The van der Waals surface area contributed by atoms with Crippen molar-refractivity contribution in [2.24, 2.45) is 0 Å². The third-order valence-electron chi connectivity index (χ3n) is 3.22. The Hall–Kier alpha value is -1.69. The van der Waals surface area contributed by atoms with Crippen molar-refractivity contribution in [2.45, 2.75) is 52.2 Å². The topological polar surface area (TPSA) is 68.8 Å². The van der Waals surface area contributed by atoms with E-state index in [9.17, 15) is 0 Å². The molecular weight excluding hydrogens is 242 g/mol. The largest absolute Gasteiger partial charge is 0.424 e. The maximum Gasteiger partial charge on any atom is 0.230 e. The second-order valence-electron chi connectivity index (χ2n) is 5.08. The van der Waals surface area contributed by atoms with E-state index in [1.54, 1.807) is 6.20 Å².